The molecule has 0 atom stereocenters. The first kappa shape index (κ1) is 24.8. The van der Waals surface area contributed by atoms with Crippen LogP contribution in [0.2, 0.25) is 0 Å². The van der Waals surface area contributed by atoms with Gasteiger partial charge in [-0.2, -0.15) is 0 Å². The van der Waals surface area contributed by atoms with Crippen molar-refractivity contribution in [1.82, 2.24) is 5.32 Å². The first-order valence-electron chi connectivity index (χ1n) is 8.20. The zero-order chi connectivity index (χ0) is 16.6. The molecule has 0 aliphatic rings. The molecule has 128 valence electrons. The van der Waals surface area contributed by atoms with Gasteiger partial charge in [-0.05, 0) is 6.42 Å². The van der Waals surface area contributed by atoms with Crippen molar-refractivity contribution in [1.29, 1.82) is 0 Å². The number of nitrogens with one attached hydrogen (secondary N) is 1. The molecule has 0 spiro atoms. The molecule has 0 saturated heterocycles. The number of hydrogen-bond acceptors (Lipinski definition) is 6. The Morgan fingerprint density at radius 2 is 1.35 bits per heavy atom. The zero-order valence-corrected chi connectivity index (χ0v) is 16.5. The topological polar surface area (TPSA) is 95.5 Å². The summed E-state index contributed by atoms with van der Waals surface area (Å²) >= 11 is 0. The predicted molar refractivity (Wildman–Crippen MR) is 80.8 cm³/mol. The van der Waals surface area contributed by atoms with Crippen LogP contribution in [0.15, 0.2) is 0 Å². The summed E-state index contributed by atoms with van der Waals surface area (Å²) in [5.74, 6) is -2.63. The number of carbonyl (C=O) groups excluding carboxylic acids is 3. The van der Waals surface area contributed by atoms with Gasteiger partial charge in [-0.25, -0.2) is 0 Å². The van der Waals surface area contributed by atoms with Crippen molar-refractivity contribution < 1.29 is 53.8 Å². The molecule has 0 aromatic carbocycles. The van der Waals surface area contributed by atoms with Crippen LogP contribution in [-0.4, -0.2) is 31.0 Å². The summed E-state index contributed by atoms with van der Waals surface area (Å²) in [6, 6.07) is 0. The van der Waals surface area contributed by atoms with E-state index in [2.05, 4.69) is 17.0 Å². The van der Waals surface area contributed by atoms with E-state index in [1.165, 1.54) is 38.5 Å². The molecule has 7 heteroatoms. The van der Waals surface area contributed by atoms with Crippen molar-refractivity contribution in [2.24, 2.45) is 0 Å². The Morgan fingerprint density at radius 1 is 0.826 bits per heavy atom. The van der Waals surface area contributed by atoms with E-state index >= 15 is 0 Å². The Balaban J connectivity index is 0. The van der Waals surface area contributed by atoms with Crippen LogP contribution in [0.25, 0.3) is 0 Å². The number of carbonyl (C=O) groups is 3. The van der Waals surface area contributed by atoms with Gasteiger partial charge in [0.05, 0.1) is 12.5 Å². The fourth-order valence-corrected chi connectivity index (χ4v) is 2.06. The van der Waals surface area contributed by atoms with Crippen molar-refractivity contribution in [3.8, 4) is 0 Å². The molecule has 0 fully saturated rings. The molecular formula is C16H28NNaO5. The summed E-state index contributed by atoms with van der Waals surface area (Å²) in [7, 11) is 0. The summed E-state index contributed by atoms with van der Waals surface area (Å²) in [6.07, 6.45) is 10.6. The fourth-order valence-electron chi connectivity index (χ4n) is 2.06. The summed E-state index contributed by atoms with van der Waals surface area (Å²) in [5.41, 5.74) is 0. The van der Waals surface area contributed by atoms with Gasteiger partial charge in [0.2, 0.25) is 0 Å². The summed E-state index contributed by atoms with van der Waals surface area (Å²) in [6.45, 7) is 1.45. The molecule has 0 aliphatic carbocycles. The zero-order valence-electron chi connectivity index (χ0n) is 14.5. The van der Waals surface area contributed by atoms with Crippen molar-refractivity contribution in [3.63, 3.8) is 0 Å². The second-order valence-corrected chi connectivity index (χ2v) is 5.40. The third kappa shape index (κ3) is 19.5. The smallest absolute Gasteiger partial charge is 0.549 e. The fraction of sp³-hybridized carbons (Fsp3) is 0.812. The Bertz CT molecular complexity index is 336. The van der Waals surface area contributed by atoms with Crippen LogP contribution < -0.4 is 40.0 Å². The van der Waals surface area contributed by atoms with E-state index in [1.54, 1.807) is 0 Å². The molecule has 6 nitrogen and oxygen atoms in total. The van der Waals surface area contributed by atoms with E-state index < -0.39 is 24.5 Å². The number of aliphatic carboxylic acids is 1. The summed E-state index contributed by atoms with van der Waals surface area (Å²) in [4.78, 5) is 32.6. The number of ether oxygens (including phenoxy) is 1. The van der Waals surface area contributed by atoms with Crippen LogP contribution in [0.5, 0.6) is 0 Å². The molecule has 1 N–H and O–H groups in total. The number of rotatable bonds is 14. The van der Waals surface area contributed by atoms with Gasteiger partial charge in [-0.1, -0.05) is 58.3 Å². The Kier molecular flexibility index (Phi) is 19.3. The van der Waals surface area contributed by atoms with Crippen LogP contribution in [-0.2, 0) is 19.1 Å². The summed E-state index contributed by atoms with van der Waals surface area (Å²) < 4.78 is 4.55. The van der Waals surface area contributed by atoms with Crippen LogP contribution in [0.4, 0.5) is 0 Å². The molecule has 0 saturated carbocycles. The Labute approximate surface area is 161 Å². The largest absolute Gasteiger partial charge is 1.00 e. The minimum absolute atomic E-state index is 0. The van der Waals surface area contributed by atoms with Gasteiger partial charge in [0.25, 0.3) is 0 Å². The predicted octanol–water partition coefficient (Wildman–Crippen LogP) is -1.68. The molecule has 23 heavy (non-hydrogen) atoms. The third-order valence-electron chi connectivity index (χ3n) is 3.25. The molecule has 0 unspecified atom stereocenters. The second-order valence-electron chi connectivity index (χ2n) is 5.40. The van der Waals surface area contributed by atoms with Gasteiger partial charge >= 0.3 is 41.5 Å². The molecule has 0 aliphatic heterocycles. The van der Waals surface area contributed by atoms with Crippen LogP contribution in [0, 0.1) is 0 Å². The number of hydrogen-bond donors (Lipinski definition) is 1. The van der Waals surface area contributed by atoms with Crippen molar-refractivity contribution in [2.45, 2.75) is 71.1 Å². The van der Waals surface area contributed by atoms with Crippen LogP contribution in [0.1, 0.15) is 71.1 Å². The van der Waals surface area contributed by atoms with E-state index in [4.69, 9.17) is 0 Å². The average Bonchev–Trinajstić information content (AvgIpc) is 2.45. The summed E-state index contributed by atoms with van der Waals surface area (Å²) in [5, 5.41) is 12.4. The first-order valence-corrected chi connectivity index (χ1v) is 8.20. The number of esters is 2. The van der Waals surface area contributed by atoms with Crippen molar-refractivity contribution in [2.75, 3.05) is 13.1 Å². The monoisotopic (exact) mass is 337 g/mol. The number of carboxylic acids is 1. The van der Waals surface area contributed by atoms with E-state index in [-0.39, 0.29) is 42.5 Å². The number of unbranched alkanes of at least 4 members (excludes halogenated alkanes) is 8. The average molecular weight is 337 g/mol. The third-order valence-corrected chi connectivity index (χ3v) is 3.25. The van der Waals surface area contributed by atoms with E-state index in [0.717, 1.165) is 12.8 Å². The SMILES string of the molecule is CCCCCCCCCCCC(=O)OC(=O)CNCC(=O)[O-].[Na+]. The maximum Gasteiger partial charge on any atom is 1.00 e. The normalized spacial score (nSPS) is 9.96. The first-order chi connectivity index (χ1) is 10.6. The maximum atomic E-state index is 11.4. The molecule has 0 aromatic heterocycles. The van der Waals surface area contributed by atoms with Crippen LogP contribution in [0.3, 0.4) is 0 Å². The maximum absolute atomic E-state index is 11.4. The van der Waals surface area contributed by atoms with Gasteiger partial charge in [0.1, 0.15) is 0 Å². The van der Waals surface area contributed by atoms with Gasteiger partial charge in [-0.15, -0.1) is 0 Å². The Morgan fingerprint density at radius 3 is 1.87 bits per heavy atom. The molecule has 0 radical (unpaired) electrons. The van der Waals surface area contributed by atoms with Gasteiger partial charge in [-0.3, -0.25) is 9.59 Å². The quantitative estimate of drug-likeness (QED) is 0.176. The van der Waals surface area contributed by atoms with Crippen LogP contribution >= 0.6 is 0 Å². The van der Waals surface area contributed by atoms with Crippen molar-refractivity contribution >= 4 is 17.9 Å². The minimum atomic E-state index is -1.31. The van der Waals surface area contributed by atoms with E-state index in [1.807, 2.05) is 0 Å². The molecule has 0 amide bonds. The molecule has 0 aromatic rings. The van der Waals surface area contributed by atoms with E-state index in [9.17, 15) is 19.5 Å². The molecule has 0 heterocycles. The number of carboxylic acid groups (broad SMARTS) is 1. The molecule has 0 rings (SSSR count). The second kappa shape index (κ2) is 17.9. The van der Waals surface area contributed by atoms with Gasteiger partial charge < -0.3 is 20.0 Å². The van der Waals surface area contributed by atoms with Crippen molar-refractivity contribution in [3.05, 3.63) is 0 Å². The standard InChI is InChI=1S/C16H29NO5.Na/c1-2-3-4-5-6-7-8-9-10-11-15(20)22-16(21)13-17-12-14(18)19;/h17H,2-13H2,1H3,(H,18,19);/q;+1/p-1. The van der Waals surface area contributed by atoms with E-state index in [0.29, 0.717) is 6.42 Å². The molecular weight excluding hydrogens is 309 g/mol. The molecule has 0 bridgehead atoms. The Hall–Kier alpha value is -0.430. The van der Waals surface area contributed by atoms with Gasteiger partial charge in [0, 0.05) is 13.0 Å². The minimum Gasteiger partial charge on any atom is -0.549 e. The van der Waals surface area contributed by atoms with Gasteiger partial charge in [0.15, 0.2) is 0 Å².